The average molecular weight is 212 g/mol. The molecule has 76 valence electrons. The summed E-state index contributed by atoms with van der Waals surface area (Å²) >= 11 is 5.96. The van der Waals surface area contributed by atoms with E-state index in [1.54, 1.807) is 0 Å². The molecular formula is C11H14ClNO. The lowest BCUT2D eigenvalue weighted by molar-refractivity contribution is 0.0587. The van der Waals surface area contributed by atoms with Gasteiger partial charge < -0.3 is 10.4 Å². The maximum Gasteiger partial charge on any atom is 0.103 e. The summed E-state index contributed by atoms with van der Waals surface area (Å²) in [6.45, 7) is 3.47. The Labute approximate surface area is 88.9 Å². The van der Waals surface area contributed by atoms with Gasteiger partial charge in [-0.05, 0) is 43.1 Å². The first kappa shape index (κ1) is 9.97. The maximum absolute atomic E-state index is 10.3. The minimum absolute atomic E-state index is 0.618. The van der Waals surface area contributed by atoms with Gasteiger partial charge in [0.2, 0.25) is 0 Å². The van der Waals surface area contributed by atoms with Crippen LogP contribution in [0.25, 0.3) is 0 Å². The molecule has 1 aromatic carbocycles. The topological polar surface area (TPSA) is 32.3 Å². The molecule has 3 heteroatoms. The third-order valence-electron chi connectivity index (χ3n) is 2.71. The van der Waals surface area contributed by atoms with E-state index in [0.717, 1.165) is 24.1 Å². The van der Waals surface area contributed by atoms with E-state index in [1.165, 1.54) is 0 Å². The predicted molar refractivity (Wildman–Crippen MR) is 57.6 cm³/mol. The van der Waals surface area contributed by atoms with Crippen LogP contribution in [0.4, 0.5) is 0 Å². The van der Waals surface area contributed by atoms with Crippen molar-refractivity contribution in [1.29, 1.82) is 0 Å². The number of nitrogens with one attached hydrogen (secondary N) is 1. The molecule has 1 saturated heterocycles. The van der Waals surface area contributed by atoms with E-state index in [1.807, 2.05) is 25.1 Å². The Morgan fingerprint density at radius 3 is 2.79 bits per heavy atom. The lowest BCUT2D eigenvalue weighted by atomic mass is 9.92. The summed E-state index contributed by atoms with van der Waals surface area (Å²) in [6.07, 6.45) is 0.757. The van der Waals surface area contributed by atoms with E-state index in [2.05, 4.69) is 5.32 Å². The highest BCUT2D eigenvalue weighted by molar-refractivity contribution is 6.30. The lowest BCUT2D eigenvalue weighted by Crippen LogP contribution is -2.28. The van der Waals surface area contributed by atoms with Crippen LogP contribution in [0.2, 0.25) is 5.02 Å². The van der Waals surface area contributed by atoms with Gasteiger partial charge in [0.05, 0.1) is 0 Å². The van der Waals surface area contributed by atoms with Crippen LogP contribution in [0.3, 0.4) is 0 Å². The fraction of sp³-hybridized carbons (Fsp3) is 0.455. The number of β-amino-alcohol motifs (C(OH)–C–C–N with tert-alkyl or cyclic N) is 1. The van der Waals surface area contributed by atoms with Crippen LogP contribution in [0, 0.1) is 6.92 Å². The Morgan fingerprint density at radius 1 is 1.43 bits per heavy atom. The Balaban J connectivity index is 2.40. The highest BCUT2D eigenvalue weighted by Gasteiger charge is 2.33. The fourth-order valence-electron chi connectivity index (χ4n) is 1.93. The molecule has 0 radical (unpaired) electrons. The van der Waals surface area contributed by atoms with Crippen molar-refractivity contribution in [3.63, 3.8) is 0 Å². The molecule has 2 rings (SSSR count). The zero-order valence-corrected chi connectivity index (χ0v) is 8.93. The Morgan fingerprint density at radius 2 is 2.21 bits per heavy atom. The van der Waals surface area contributed by atoms with Gasteiger partial charge >= 0.3 is 0 Å². The largest absolute Gasteiger partial charge is 0.384 e. The van der Waals surface area contributed by atoms with Gasteiger partial charge in [-0.3, -0.25) is 0 Å². The van der Waals surface area contributed by atoms with Gasteiger partial charge in [0.25, 0.3) is 0 Å². The standard InChI is InChI=1S/C11H14ClNO/c1-8-4-9(6-10(12)5-8)11(14)2-3-13-7-11/h4-6,13-14H,2-3,7H2,1H3. The molecular weight excluding hydrogens is 198 g/mol. The highest BCUT2D eigenvalue weighted by Crippen LogP contribution is 2.30. The van der Waals surface area contributed by atoms with Crippen molar-refractivity contribution >= 4 is 11.6 Å². The molecule has 1 heterocycles. The second kappa shape index (κ2) is 3.54. The predicted octanol–water partition coefficient (Wildman–Crippen LogP) is 1.83. The summed E-state index contributed by atoms with van der Waals surface area (Å²) in [5.41, 5.74) is 1.29. The Bertz CT molecular complexity index is 325. The van der Waals surface area contributed by atoms with E-state index >= 15 is 0 Å². The van der Waals surface area contributed by atoms with E-state index in [4.69, 9.17) is 11.6 Å². The molecule has 0 aromatic heterocycles. The summed E-state index contributed by atoms with van der Waals surface area (Å²) in [6, 6.07) is 5.75. The van der Waals surface area contributed by atoms with E-state index in [9.17, 15) is 5.11 Å². The first-order valence-corrected chi connectivity index (χ1v) is 5.19. The van der Waals surface area contributed by atoms with E-state index in [-0.39, 0.29) is 0 Å². The van der Waals surface area contributed by atoms with Gasteiger partial charge in [-0.25, -0.2) is 0 Å². The molecule has 0 aliphatic carbocycles. The Hall–Kier alpha value is -0.570. The van der Waals surface area contributed by atoms with Gasteiger partial charge in [-0.1, -0.05) is 17.7 Å². The number of aliphatic hydroxyl groups is 1. The van der Waals surface area contributed by atoms with Crippen LogP contribution >= 0.6 is 11.6 Å². The van der Waals surface area contributed by atoms with Crippen molar-refractivity contribution in [1.82, 2.24) is 5.32 Å². The molecule has 0 bridgehead atoms. The fourth-order valence-corrected chi connectivity index (χ4v) is 2.22. The number of aryl methyl sites for hydroxylation is 1. The van der Waals surface area contributed by atoms with Crippen LogP contribution in [0.1, 0.15) is 17.5 Å². The molecule has 0 saturated carbocycles. The molecule has 1 aliphatic rings. The molecule has 1 unspecified atom stereocenters. The molecule has 1 aliphatic heterocycles. The van der Waals surface area contributed by atoms with Crippen LogP contribution < -0.4 is 5.32 Å². The lowest BCUT2D eigenvalue weighted by Gasteiger charge is -2.22. The summed E-state index contributed by atoms with van der Waals surface area (Å²) in [4.78, 5) is 0. The van der Waals surface area contributed by atoms with Gasteiger partial charge in [0.15, 0.2) is 0 Å². The molecule has 0 spiro atoms. The second-order valence-corrected chi connectivity index (χ2v) is 4.41. The third kappa shape index (κ3) is 1.78. The monoisotopic (exact) mass is 211 g/mol. The summed E-state index contributed by atoms with van der Waals surface area (Å²) in [5, 5.41) is 14.1. The minimum Gasteiger partial charge on any atom is -0.384 e. The highest BCUT2D eigenvalue weighted by atomic mass is 35.5. The van der Waals surface area contributed by atoms with E-state index < -0.39 is 5.60 Å². The maximum atomic E-state index is 10.3. The average Bonchev–Trinajstić information content (AvgIpc) is 2.52. The number of halogens is 1. The van der Waals surface area contributed by atoms with Crippen LogP contribution in [0.15, 0.2) is 18.2 Å². The molecule has 1 fully saturated rings. The zero-order chi connectivity index (χ0) is 10.2. The number of benzene rings is 1. The van der Waals surface area contributed by atoms with Crippen molar-refractivity contribution in [3.05, 3.63) is 34.3 Å². The quantitative estimate of drug-likeness (QED) is 0.743. The number of hydrogen-bond acceptors (Lipinski definition) is 2. The third-order valence-corrected chi connectivity index (χ3v) is 2.93. The number of hydrogen-bond donors (Lipinski definition) is 2. The summed E-state index contributed by atoms with van der Waals surface area (Å²) in [7, 11) is 0. The summed E-state index contributed by atoms with van der Waals surface area (Å²) in [5.74, 6) is 0. The molecule has 0 amide bonds. The van der Waals surface area contributed by atoms with Crippen molar-refractivity contribution in [2.75, 3.05) is 13.1 Å². The normalized spacial score (nSPS) is 26.8. The molecule has 14 heavy (non-hydrogen) atoms. The van der Waals surface area contributed by atoms with Crippen molar-refractivity contribution in [3.8, 4) is 0 Å². The van der Waals surface area contributed by atoms with Crippen molar-refractivity contribution in [2.24, 2.45) is 0 Å². The van der Waals surface area contributed by atoms with Gasteiger partial charge in [0.1, 0.15) is 5.60 Å². The number of rotatable bonds is 1. The van der Waals surface area contributed by atoms with Crippen LogP contribution in [-0.2, 0) is 5.60 Å². The minimum atomic E-state index is -0.727. The van der Waals surface area contributed by atoms with Crippen molar-refractivity contribution < 1.29 is 5.11 Å². The SMILES string of the molecule is Cc1cc(Cl)cc(C2(O)CCNC2)c1. The zero-order valence-electron chi connectivity index (χ0n) is 8.18. The first-order valence-electron chi connectivity index (χ1n) is 4.81. The van der Waals surface area contributed by atoms with Gasteiger partial charge in [0, 0.05) is 11.6 Å². The molecule has 2 N–H and O–H groups in total. The molecule has 1 atom stereocenters. The summed E-state index contributed by atoms with van der Waals surface area (Å²) < 4.78 is 0. The van der Waals surface area contributed by atoms with Crippen molar-refractivity contribution in [2.45, 2.75) is 18.9 Å². The second-order valence-electron chi connectivity index (χ2n) is 3.98. The van der Waals surface area contributed by atoms with Gasteiger partial charge in [-0.15, -0.1) is 0 Å². The smallest absolute Gasteiger partial charge is 0.103 e. The van der Waals surface area contributed by atoms with Crippen LogP contribution in [-0.4, -0.2) is 18.2 Å². The van der Waals surface area contributed by atoms with E-state index in [0.29, 0.717) is 11.6 Å². The molecule has 2 nitrogen and oxygen atoms in total. The van der Waals surface area contributed by atoms with Crippen LogP contribution in [0.5, 0.6) is 0 Å². The molecule has 1 aromatic rings. The first-order chi connectivity index (χ1) is 6.60. The Kier molecular flexibility index (Phi) is 2.52. The van der Waals surface area contributed by atoms with Gasteiger partial charge in [-0.2, -0.15) is 0 Å².